The molecule has 0 aromatic carbocycles. The van der Waals surface area contributed by atoms with Crippen molar-refractivity contribution in [1.29, 1.82) is 0 Å². The van der Waals surface area contributed by atoms with Gasteiger partial charge in [0.25, 0.3) is 0 Å². The molecule has 0 radical (unpaired) electrons. The molecule has 3 nitrogen and oxygen atoms in total. The van der Waals surface area contributed by atoms with Gasteiger partial charge in [0.1, 0.15) is 5.78 Å². The minimum atomic E-state index is 0.282. The second-order valence-corrected chi connectivity index (χ2v) is 6.46. The third-order valence-corrected chi connectivity index (χ3v) is 4.16. The SMILES string of the molecule is CCC(CC(C)=O)CC(C)CCC(=O)N1CC(C)C1. The fraction of sp³-hybridized carbons (Fsp3) is 0.875. The molecule has 3 heteroatoms. The summed E-state index contributed by atoms with van der Waals surface area (Å²) in [5.74, 6) is 2.30. The van der Waals surface area contributed by atoms with Crippen molar-refractivity contribution < 1.29 is 9.59 Å². The molecule has 0 aliphatic carbocycles. The molecule has 1 aliphatic rings. The van der Waals surface area contributed by atoms with Crippen LogP contribution in [-0.2, 0) is 9.59 Å². The minimum absolute atomic E-state index is 0.282. The number of likely N-dealkylation sites (tertiary alicyclic amines) is 1. The quantitative estimate of drug-likeness (QED) is 0.677. The van der Waals surface area contributed by atoms with Crippen LogP contribution in [0.3, 0.4) is 0 Å². The zero-order valence-corrected chi connectivity index (χ0v) is 12.9. The molecular formula is C16H29NO2. The van der Waals surface area contributed by atoms with Gasteiger partial charge in [0.15, 0.2) is 0 Å². The lowest BCUT2D eigenvalue weighted by molar-refractivity contribution is -0.137. The summed E-state index contributed by atoms with van der Waals surface area (Å²) in [6.07, 6.45) is 4.45. The van der Waals surface area contributed by atoms with Gasteiger partial charge in [-0.2, -0.15) is 0 Å². The van der Waals surface area contributed by atoms with Gasteiger partial charge < -0.3 is 9.69 Å². The van der Waals surface area contributed by atoms with E-state index in [1.54, 1.807) is 6.92 Å². The first-order chi connectivity index (χ1) is 8.92. The molecule has 2 atom stereocenters. The largest absolute Gasteiger partial charge is 0.342 e. The second-order valence-electron chi connectivity index (χ2n) is 6.46. The van der Waals surface area contributed by atoms with E-state index in [9.17, 15) is 9.59 Å². The molecule has 0 N–H and O–H groups in total. The van der Waals surface area contributed by atoms with Crippen molar-refractivity contribution in [3.63, 3.8) is 0 Å². The minimum Gasteiger partial charge on any atom is -0.342 e. The van der Waals surface area contributed by atoms with E-state index < -0.39 is 0 Å². The number of hydrogen-bond donors (Lipinski definition) is 0. The number of rotatable bonds is 8. The lowest BCUT2D eigenvalue weighted by Crippen LogP contribution is -2.48. The number of hydrogen-bond acceptors (Lipinski definition) is 2. The zero-order chi connectivity index (χ0) is 14.4. The van der Waals surface area contributed by atoms with E-state index in [0.717, 1.165) is 32.4 Å². The highest BCUT2D eigenvalue weighted by Crippen LogP contribution is 2.24. The monoisotopic (exact) mass is 267 g/mol. The van der Waals surface area contributed by atoms with Gasteiger partial charge in [-0.05, 0) is 37.5 Å². The summed E-state index contributed by atoms with van der Waals surface area (Å²) in [7, 11) is 0. The van der Waals surface area contributed by atoms with Gasteiger partial charge in [0, 0.05) is 25.9 Å². The molecule has 0 spiro atoms. The van der Waals surface area contributed by atoms with Gasteiger partial charge in [0.05, 0.1) is 0 Å². The van der Waals surface area contributed by atoms with E-state index in [0.29, 0.717) is 36.5 Å². The molecule has 0 aromatic heterocycles. The molecule has 1 amide bonds. The van der Waals surface area contributed by atoms with E-state index in [1.165, 1.54) is 0 Å². The first-order valence-electron chi connectivity index (χ1n) is 7.69. The highest BCUT2D eigenvalue weighted by atomic mass is 16.2. The van der Waals surface area contributed by atoms with Crippen LogP contribution in [0.4, 0.5) is 0 Å². The van der Waals surface area contributed by atoms with Crippen LogP contribution in [0.5, 0.6) is 0 Å². The number of carbonyl (C=O) groups is 2. The van der Waals surface area contributed by atoms with Gasteiger partial charge in [0.2, 0.25) is 5.91 Å². The van der Waals surface area contributed by atoms with Gasteiger partial charge in [-0.1, -0.05) is 27.2 Å². The second kappa shape index (κ2) is 7.66. The standard InChI is InChI=1S/C16H29NO2/c1-5-15(9-14(4)18)8-12(2)6-7-16(19)17-10-13(3)11-17/h12-13,15H,5-11H2,1-4H3. The number of ketones is 1. The Kier molecular flexibility index (Phi) is 6.53. The van der Waals surface area contributed by atoms with Crippen molar-refractivity contribution in [2.75, 3.05) is 13.1 Å². The van der Waals surface area contributed by atoms with Crippen molar-refractivity contribution in [3.05, 3.63) is 0 Å². The summed E-state index contributed by atoms with van der Waals surface area (Å²) in [5.41, 5.74) is 0. The van der Waals surface area contributed by atoms with Gasteiger partial charge in [-0.15, -0.1) is 0 Å². The molecule has 0 bridgehead atoms. The molecule has 0 saturated carbocycles. The maximum atomic E-state index is 11.9. The lowest BCUT2D eigenvalue weighted by atomic mass is 9.87. The molecule has 2 unspecified atom stereocenters. The van der Waals surface area contributed by atoms with E-state index in [1.807, 2.05) is 4.90 Å². The van der Waals surface area contributed by atoms with Crippen LogP contribution in [0.1, 0.15) is 59.8 Å². The van der Waals surface area contributed by atoms with E-state index in [4.69, 9.17) is 0 Å². The van der Waals surface area contributed by atoms with Crippen molar-refractivity contribution in [3.8, 4) is 0 Å². The first-order valence-corrected chi connectivity index (χ1v) is 7.69. The maximum absolute atomic E-state index is 11.9. The Hall–Kier alpha value is -0.860. The Labute approximate surface area is 117 Å². The highest BCUT2D eigenvalue weighted by molar-refractivity contribution is 5.77. The number of carbonyl (C=O) groups excluding carboxylic acids is 2. The van der Waals surface area contributed by atoms with E-state index in [-0.39, 0.29) is 5.78 Å². The van der Waals surface area contributed by atoms with Gasteiger partial charge in [-0.3, -0.25) is 4.79 Å². The Morgan fingerprint density at radius 2 is 1.95 bits per heavy atom. The third kappa shape index (κ3) is 5.75. The van der Waals surface area contributed by atoms with Crippen LogP contribution < -0.4 is 0 Å². The fourth-order valence-corrected chi connectivity index (χ4v) is 2.92. The normalized spacial score (nSPS) is 18.8. The summed E-state index contributed by atoms with van der Waals surface area (Å²) in [4.78, 5) is 25.0. The van der Waals surface area contributed by atoms with Crippen LogP contribution in [-0.4, -0.2) is 29.7 Å². The van der Waals surface area contributed by atoms with Crippen molar-refractivity contribution in [2.24, 2.45) is 17.8 Å². The zero-order valence-electron chi connectivity index (χ0n) is 12.9. The predicted molar refractivity (Wildman–Crippen MR) is 77.8 cm³/mol. The molecule has 19 heavy (non-hydrogen) atoms. The molecule has 1 heterocycles. The Bertz CT molecular complexity index is 308. The first kappa shape index (κ1) is 16.2. The summed E-state index contributed by atoms with van der Waals surface area (Å²) in [6.45, 7) is 10.1. The molecule has 1 fully saturated rings. The van der Waals surface area contributed by atoms with Crippen molar-refractivity contribution in [1.82, 2.24) is 4.90 Å². The molecule has 0 aromatic rings. The number of amides is 1. The topological polar surface area (TPSA) is 37.4 Å². The van der Waals surface area contributed by atoms with Gasteiger partial charge >= 0.3 is 0 Å². The molecule has 1 saturated heterocycles. The van der Waals surface area contributed by atoms with Crippen molar-refractivity contribution >= 4 is 11.7 Å². The van der Waals surface area contributed by atoms with Crippen LogP contribution in [0.15, 0.2) is 0 Å². The Morgan fingerprint density at radius 3 is 2.42 bits per heavy atom. The summed E-state index contributed by atoms with van der Waals surface area (Å²) >= 11 is 0. The summed E-state index contributed by atoms with van der Waals surface area (Å²) in [6, 6.07) is 0. The smallest absolute Gasteiger partial charge is 0.222 e. The third-order valence-electron chi connectivity index (χ3n) is 4.16. The summed E-state index contributed by atoms with van der Waals surface area (Å²) in [5, 5.41) is 0. The Balaban J connectivity index is 2.20. The summed E-state index contributed by atoms with van der Waals surface area (Å²) < 4.78 is 0. The van der Waals surface area contributed by atoms with E-state index in [2.05, 4.69) is 20.8 Å². The van der Waals surface area contributed by atoms with Crippen LogP contribution in [0, 0.1) is 17.8 Å². The van der Waals surface area contributed by atoms with Crippen LogP contribution in [0.25, 0.3) is 0 Å². The van der Waals surface area contributed by atoms with E-state index >= 15 is 0 Å². The van der Waals surface area contributed by atoms with Crippen LogP contribution >= 0.6 is 0 Å². The fourth-order valence-electron chi connectivity index (χ4n) is 2.92. The number of nitrogens with zero attached hydrogens (tertiary/aromatic N) is 1. The van der Waals surface area contributed by atoms with Gasteiger partial charge in [-0.25, -0.2) is 0 Å². The van der Waals surface area contributed by atoms with Crippen molar-refractivity contribution in [2.45, 2.75) is 59.8 Å². The maximum Gasteiger partial charge on any atom is 0.222 e. The number of Topliss-reactive ketones (excluding diaryl/α,β-unsaturated/α-hetero) is 1. The predicted octanol–water partition coefficient (Wildman–Crippen LogP) is 3.28. The highest BCUT2D eigenvalue weighted by Gasteiger charge is 2.26. The molecular weight excluding hydrogens is 238 g/mol. The average Bonchev–Trinajstić information content (AvgIpc) is 2.30. The van der Waals surface area contributed by atoms with Crippen LogP contribution in [0.2, 0.25) is 0 Å². The molecule has 110 valence electrons. The molecule has 1 aliphatic heterocycles. The Morgan fingerprint density at radius 1 is 1.32 bits per heavy atom. The molecule has 1 rings (SSSR count). The lowest BCUT2D eigenvalue weighted by Gasteiger charge is -2.37. The average molecular weight is 267 g/mol.